The van der Waals surface area contributed by atoms with E-state index in [0.29, 0.717) is 24.7 Å². The molecule has 2 aliphatic heterocycles. The Hall–Kier alpha value is -10.9. The Morgan fingerprint density at radius 3 is 1.08 bits per heavy atom. The first-order chi connectivity index (χ1) is 59.7. The van der Waals surface area contributed by atoms with Crippen LogP contribution in [0.2, 0.25) is 37.3 Å². The van der Waals surface area contributed by atoms with Crippen LogP contribution in [0, 0.1) is 0 Å². The molecule has 0 saturated heterocycles. The van der Waals surface area contributed by atoms with Gasteiger partial charge in [0.15, 0.2) is 19.5 Å². The maximum Gasteiger partial charge on any atom is 0.306 e. The summed E-state index contributed by atoms with van der Waals surface area (Å²) in [6, 6.07) is 66.0. The molecule has 14 rings (SSSR count). The molecule has 2 heterocycles. The lowest BCUT2D eigenvalue weighted by Gasteiger charge is -2.51. The van der Waals surface area contributed by atoms with E-state index >= 15 is 0 Å². The molecule has 0 radical (unpaired) electrons. The molecule has 3 unspecified atom stereocenters. The predicted octanol–water partition coefficient (Wildman–Crippen LogP) is 21.3. The first-order valence-corrected chi connectivity index (χ1v) is 49.3. The van der Waals surface area contributed by atoms with Crippen molar-refractivity contribution in [1.29, 1.82) is 0 Å². The van der Waals surface area contributed by atoms with Crippen molar-refractivity contribution < 1.29 is 89.9 Å². The van der Waals surface area contributed by atoms with Crippen molar-refractivity contribution in [3.63, 3.8) is 0 Å². The Bertz CT molecular complexity index is 5470. The van der Waals surface area contributed by atoms with E-state index in [1.807, 2.05) is 146 Å². The van der Waals surface area contributed by atoms with Gasteiger partial charge in [-0.05, 0) is 170 Å². The Balaban J connectivity index is 0.478. The lowest BCUT2D eigenvalue weighted by Crippen LogP contribution is -2.59. The van der Waals surface area contributed by atoms with Gasteiger partial charge in [-0.1, -0.05) is 197 Å². The maximum atomic E-state index is 13.2. The van der Waals surface area contributed by atoms with Crippen LogP contribution in [0.1, 0.15) is 149 Å². The van der Waals surface area contributed by atoms with Gasteiger partial charge in [-0.2, -0.15) is 0 Å². The second-order valence-electron chi connectivity index (χ2n) is 34.4. The average molecular weight is 1710 g/mol. The molecule has 10 aromatic carbocycles. The summed E-state index contributed by atoms with van der Waals surface area (Å²) in [6.07, 6.45) is 11.5. The summed E-state index contributed by atoms with van der Waals surface area (Å²) in [4.78, 5) is 52.1. The summed E-state index contributed by atoms with van der Waals surface area (Å²) >= 11 is 0. The summed E-state index contributed by atoms with van der Waals surface area (Å²) in [7, 11) is 2.28. The maximum absolute atomic E-state index is 13.2. The van der Waals surface area contributed by atoms with Crippen LogP contribution in [-0.4, -0.2) is 140 Å². The fraction of sp³-hybridized carbons (Fsp3) is 0.379. The van der Waals surface area contributed by atoms with Crippen molar-refractivity contribution in [2.24, 2.45) is 0 Å². The van der Waals surface area contributed by atoms with Crippen LogP contribution in [0.4, 0.5) is 0 Å². The number of carbonyl (C=O) groups excluding carboxylic acids is 4. The molecule has 0 aromatic heterocycles. The fourth-order valence-corrected chi connectivity index (χ4v) is 24.9. The summed E-state index contributed by atoms with van der Waals surface area (Å²) in [5.41, 5.74) is 9.58. The van der Waals surface area contributed by atoms with Crippen molar-refractivity contribution in [2.45, 2.75) is 158 Å². The van der Waals surface area contributed by atoms with Crippen LogP contribution in [0.25, 0.3) is 56.0 Å². The summed E-state index contributed by atoms with van der Waals surface area (Å²) < 4.78 is 92.8. The van der Waals surface area contributed by atoms with Gasteiger partial charge in [0, 0.05) is 73.7 Å². The van der Waals surface area contributed by atoms with Crippen molar-refractivity contribution in [2.75, 3.05) is 94.5 Å². The third-order valence-corrected chi connectivity index (χ3v) is 36.1. The molecule has 124 heavy (non-hydrogen) atoms. The van der Waals surface area contributed by atoms with E-state index < -0.39 is 62.7 Å². The van der Waals surface area contributed by atoms with Crippen molar-refractivity contribution in [3.8, 4) is 56.8 Å². The van der Waals surface area contributed by atoms with Crippen LogP contribution >= 0.6 is 0 Å². The smallest absolute Gasteiger partial charge is 0.306 e. The van der Waals surface area contributed by atoms with Crippen LogP contribution in [0.3, 0.4) is 0 Å². The number of hydrogen-bond acceptors (Lipinski definition) is 19. The Morgan fingerprint density at radius 1 is 0.395 bits per heavy atom. The minimum atomic E-state index is -2.33. The molecule has 650 valence electrons. The summed E-state index contributed by atoms with van der Waals surface area (Å²) in [5, 5.41) is 3.59. The van der Waals surface area contributed by atoms with Gasteiger partial charge in [0.05, 0.1) is 88.6 Å². The molecule has 4 aliphatic rings. The summed E-state index contributed by atoms with van der Waals surface area (Å²) in [6.45, 7) is 24.4. The molecule has 2 aliphatic carbocycles. The first kappa shape index (κ1) is 89.4. The van der Waals surface area contributed by atoms with Gasteiger partial charge in [-0.25, -0.2) is 0 Å². The highest BCUT2D eigenvalue weighted by molar-refractivity contribution is 6.82. The molecule has 0 spiro atoms. The molecule has 0 bridgehead atoms. The lowest BCUT2D eigenvalue weighted by atomic mass is 9.80. The van der Waals surface area contributed by atoms with E-state index in [1.54, 1.807) is 28.4 Å². The van der Waals surface area contributed by atoms with E-state index in [-0.39, 0.29) is 88.8 Å². The highest BCUT2D eigenvalue weighted by Gasteiger charge is 2.52. The first-order valence-electron chi connectivity index (χ1n) is 43.2. The number of methoxy groups -OCH3 is 4. The number of hydrogen-bond donors (Lipinski definition) is 0. The number of ether oxygens (including phenoxy) is 14. The van der Waals surface area contributed by atoms with Gasteiger partial charge in [-0.3, -0.25) is 19.2 Å². The van der Waals surface area contributed by atoms with Crippen molar-refractivity contribution >= 4 is 74.0 Å². The molecular weight excluding hydrogens is 1600 g/mol. The molecule has 3 atom stereocenters. The standard InChI is InChI=1S/C103H116O19Si2/c1-15-99(4,56-24-59-112-61-63-114-88(104)50-52-90(106)116-65-67-118-100(5)86-32-22-20-30-82(86)92-78-26-16-18-28-80(78)96-84(94(92)100)54-57-102(120-96,70-34-42-74(108-7)43-35-70)71-36-44-75(109-8)45-37-71)124(13,14)122-98(2,3)123(11,12)69-25-60-113-62-64-115-89(105)51-53-91(107)117-66-68-119-101(6)87-33-23-21-31-83(87)93-79-27-17-19-29-81(79)97-85(95(93)101)55-58-103(121-97,72-38-46-76(110-9)47-39-72)73-40-48-77(111-10)49-41-73/h16-23,26-49,54-55,57-58H,15,24-25,50-53,56,59-69H2,1-14H3. The van der Waals surface area contributed by atoms with Crippen molar-refractivity contribution in [1.82, 2.24) is 0 Å². The minimum absolute atomic E-state index is 0.0270. The highest BCUT2D eigenvalue weighted by atomic mass is 28.4. The zero-order valence-electron chi connectivity index (χ0n) is 74.0. The Labute approximate surface area is 730 Å². The largest absolute Gasteiger partial charge is 0.497 e. The zero-order chi connectivity index (χ0) is 87.7. The lowest BCUT2D eigenvalue weighted by molar-refractivity contribution is -0.152. The van der Waals surface area contributed by atoms with Gasteiger partial charge in [0.2, 0.25) is 0 Å². The molecule has 0 saturated carbocycles. The van der Waals surface area contributed by atoms with Gasteiger partial charge in [-0.15, -0.1) is 0 Å². The zero-order valence-corrected chi connectivity index (χ0v) is 76.0. The van der Waals surface area contributed by atoms with Crippen molar-refractivity contribution in [3.05, 3.63) is 262 Å². The number of fused-ring (bicyclic) bond motifs is 16. The quantitative estimate of drug-likeness (QED) is 0.0151. The molecule has 21 heteroatoms. The van der Waals surface area contributed by atoms with Gasteiger partial charge in [0.1, 0.15) is 72.1 Å². The van der Waals surface area contributed by atoms with Crippen LogP contribution in [0.15, 0.2) is 206 Å². The average Bonchev–Trinajstić information content (AvgIpc) is 1.53. The third-order valence-electron chi connectivity index (χ3n) is 26.4. The second kappa shape index (κ2) is 37.9. The fourth-order valence-electron chi connectivity index (χ4n) is 18.3. The van der Waals surface area contributed by atoms with E-state index in [2.05, 4.69) is 141 Å². The van der Waals surface area contributed by atoms with E-state index in [0.717, 1.165) is 154 Å². The van der Waals surface area contributed by atoms with E-state index in [9.17, 15) is 19.2 Å². The number of rotatable bonds is 41. The van der Waals surface area contributed by atoms with Gasteiger partial charge < -0.3 is 70.7 Å². The molecule has 0 amide bonds. The molecular formula is C103H116O19Si2. The Kier molecular flexibility index (Phi) is 27.3. The second-order valence-corrected chi connectivity index (χ2v) is 44.3. The molecule has 0 N–H and O–H groups in total. The van der Waals surface area contributed by atoms with Crippen LogP contribution in [0.5, 0.6) is 34.5 Å². The van der Waals surface area contributed by atoms with Crippen LogP contribution < -0.4 is 28.4 Å². The summed E-state index contributed by atoms with van der Waals surface area (Å²) in [5.74, 6) is 2.31. The van der Waals surface area contributed by atoms with E-state index in [1.165, 1.54) is 0 Å². The minimum Gasteiger partial charge on any atom is -0.497 e. The van der Waals surface area contributed by atoms with E-state index in [4.69, 9.17) is 70.7 Å². The third kappa shape index (κ3) is 17.9. The molecule has 10 aromatic rings. The SMILES string of the molecule is CCC(C)(CCCOCCOC(=O)CCC(=O)OCCOC1(C)c2ccccc2-c2c1c1c(c3ccccc23)OC(c2ccc(OC)cc2)(c2ccc(OC)cc2)C=C1)[Si](C)(C)OC(C)(C)[Si](C)(C)CCCOCCOC(=O)CCC(=O)OCCOC1(C)c2ccccc2-c2c1c1c(c3ccccc23)OC(c2ccc(OC)cc2)(c2ccc(OC)cc2)C=C1. The Morgan fingerprint density at radius 2 is 0.726 bits per heavy atom. The topological polar surface area (TPSA) is 207 Å². The monoisotopic (exact) mass is 1710 g/mol. The number of carbonyl (C=O) groups is 4. The van der Waals surface area contributed by atoms with Gasteiger partial charge in [0.25, 0.3) is 0 Å². The van der Waals surface area contributed by atoms with Crippen LogP contribution in [-0.2, 0) is 83.9 Å². The predicted molar refractivity (Wildman–Crippen MR) is 488 cm³/mol. The molecule has 19 nitrogen and oxygen atoms in total. The highest BCUT2D eigenvalue weighted by Crippen LogP contribution is 2.61. The number of benzene rings is 10. The normalized spacial score (nSPS) is 16.7. The number of esters is 4. The molecule has 0 fully saturated rings. The van der Waals surface area contributed by atoms with Gasteiger partial charge >= 0.3 is 23.9 Å².